The number of thiazole rings is 1. The summed E-state index contributed by atoms with van der Waals surface area (Å²) in [5.74, 6) is -0.708. The Morgan fingerprint density at radius 1 is 1.46 bits per heavy atom. The molecule has 1 aromatic carbocycles. The van der Waals surface area contributed by atoms with Crippen LogP contribution in [0.1, 0.15) is 22.3 Å². The molecule has 0 bridgehead atoms. The average molecular weight is 366 g/mol. The van der Waals surface area contributed by atoms with Crippen molar-refractivity contribution in [3.63, 3.8) is 0 Å². The molecule has 24 heavy (non-hydrogen) atoms. The molecule has 0 saturated carbocycles. The lowest BCUT2D eigenvalue weighted by Gasteiger charge is -2.05. The van der Waals surface area contributed by atoms with Gasteiger partial charge >= 0.3 is 0 Å². The number of benzene rings is 1. The zero-order valence-corrected chi connectivity index (χ0v) is 14.8. The molecule has 0 aliphatic heterocycles. The van der Waals surface area contributed by atoms with E-state index in [4.69, 9.17) is 4.74 Å². The van der Waals surface area contributed by atoms with Gasteiger partial charge in [-0.15, -0.1) is 5.10 Å². The minimum absolute atomic E-state index is 0.318. The number of carbonyl (C=O) groups is 1. The normalized spacial score (nSPS) is 12.2. The molecule has 6 nitrogen and oxygen atoms in total. The van der Waals surface area contributed by atoms with Crippen molar-refractivity contribution in [1.82, 2.24) is 14.2 Å². The molecule has 1 amide bonds. The van der Waals surface area contributed by atoms with Crippen LogP contribution in [0.15, 0.2) is 23.2 Å². The zero-order chi connectivity index (χ0) is 17.1. The molecule has 2 heterocycles. The van der Waals surface area contributed by atoms with E-state index in [-0.39, 0.29) is 11.7 Å². The van der Waals surface area contributed by atoms with Crippen LogP contribution in [0.5, 0.6) is 0 Å². The third-order valence-corrected chi connectivity index (χ3v) is 5.21. The van der Waals surface area contributed by atoms with Crippen LogP contribution < -0.4 is 4.80 Å². The number of nitrogens with zero attached hydrogens (tertiary/aromatic N) is 4. The third-order valence-electron chi connectivity index (χ3n) is 3.35. The first-order valence-corrected chi connectivity index (χ1v) is 8.93. The molecule has 3 rings (SSSR count). The Kier molecular flexibility index (Phi) is 5.12. The van der Waals surface area contributed by atoms with Crippen molar-refractivity contribution in [3.8, 4) is 0 Å². The monoisotopic (exact) mass is 366 g/mol. The second-order valence-electron chi connectivity index (χ2n) is 4.95. The van der Waals surface area contributed by atoms with Gasteiger partial charge < -0.3 is 9.30 Å². The van der Waals surface area contributed by atoms with Gasteiger partial charge in [0.05, 0.1) is 22.5 Å². The Bertz CT molecular complexity index is 944. The molecule has 0 radical (unpaired) electrons. The minimum atomic E-state index is -0.389. The number of fused-ring (bicyclic) bond motifs is 1. The van der Waals surface area contributed by atoms with E-state index in [0.717, 1.165) is 21.7 Å². The molecule has 9 heteroatoms. The number of carbonyl (C=O) groups excluding carboxylic acids is 1. The second kappa shape index (κ2) is 7.29. The number of hydrogen-bond acceptors (Lipinski definition) is 6. The Labute approximate surface area is 145 Å². The maximum absolute atomic E-state index is 13.5. The zero-order valence-electron chi connectivity index (χ0n) is 13.2. The van der Waals surface area contributed by atoms with E-state index in [1.807, 2.05) is 11.5 Å². The van der Waals surface area contributed by atoms with Gasteiger partial charge in [0.1, 0.15) is 10.7 Å². The maximum atomic E-state index is 13.5. The van der Waals surface area contributed by atoms with Gasteiger partial charge in [0.25, 0.3) is 5.91 Å². The fraction of sp³-hybridized carbons (Fsp3) is 0.333. The number of halogens is 1. The van der Waals surface area contributed by atoms with Gasteiger partial charge in [-0.25, -0.2) is 4.39 Å². The molecule has 0 atom stereocenters. The first-order valence-electron chi connectivity index (χ1n) is 7.34. The summed E-state index contributed by atoms with van der Waals surface area (Å²) in [7, 11) is 0. The van der Waals surface area contributed by atoms with E-state index < -0.39 is 0 Å². The van der Waals surface area contributed by atoms with Gasteiger partial charge in [-0.2, -0.15) is 4.99 Å². The highest BCUT2D eigenvalue weighted by molar-refractivity contribution is 7.16. The number of aryl methyl sites for hydroxylation is 1. The smallest absolute Gasteiger partial charge is 0.293 e. The van der Waals surface area contributed by atoms with Gasteiger partial charge in [0, 0.05) is 13.2 Å². The molecule has 0 saturated heterocycles. The standard InChI is InChI=1S/C15H15FN4O2S2/c1-3-22-7-6-20-11-5-4-10(16)8-12(11)23-15(20)17-14(21)13-9(2)18-19-24-13/h4-5,8H,3,6-7H2,1-2H3. The van der Waals surface area contributed by atoms with Crippen LogP contribution in [-0.4, -0.2) is 33.3 Å². The molecular formula is C15H15FN4O2S2. The first-order chi connectivity index (χ1) is 11.6. The van der Waals surface area contributed by atoms with Gasteiger partial charge in [-0.1, -0.05) is 15.8 Å². The highest BCUT2D eigenvalue weighted by Gasteiger charge is 2.14. The largest absolute Gasteiger partial charge is 0.380 e. The van der Waals surface area contributed by atoms with Crippen molar-refractivity contribution in [2.24, 2.45) is 4.99 Å². The van der Waals surface area contributed by atoms with Crippen molar-refractivity contribution < 1.29 is 13.9 Å². The number of rotatable bonds is 5. The van der Waals surface area contributed by atoms with Gasteiger partial charge in [-0.05, 0) is 43.6 Å². The van der Waals surface area contributed by atoms with Crippen LogP contribution in [0.2, 0.25) is 0 Å². The van der Waals surface area contributed by atoms with Gasteiger partial charge in [0.15, 0.2) is 4.80 Å². The number of amides is 1. The van der Waals surface area contributed by atoms with Crippen molar-refractivity contribution >= 4 is 39.0 Å². The highest BCUT2D eigenvalue weighted by Crippen LogP contribution is 2.19. The number of aromatic nitrogens is 3. The number of ether oxygens (including phenoxy) is 1. The Morgan fingerprint density at radius 2 is 2.29 bits per heavy atom. The van der Waals surface area contributed by atoms with E-state index in [1.165, 1.54) is 23.5 Å². The highest BCUT2D eigenvalue weighted by atomic mass is 32.1. The average Bonchev–Trinajstić information content (AvgIpc) is 3.11. The second-order valence-corrected chi connectivity index (χ2v) is 6.71. The van der Waals surface area contributed by atoms with E-state index in [2.05, 4.69) is 14.6 Å². The summed E-state index contributed by atoms with van der Waals surface area (Å²) in [5, 5.41) is 3.83. The fourth-order valence-electron chi connectivity index (χ4n) is 2.21. The Balaban J connectivity index is 2.08. The van der Waals surface area contributed by atoms with E-state index in [1.54, 1.807) is 13.0 Å². The van der Waals surface area contributed by atoms with Gasteiger partial charge in [-0.3, -0.25) is 4.79 Å². The fourth-order valence-corrected chi connectivity index (χ4v) is 3.84. The Morgan fingerprint density at radius 3 is 3.00 bits per heavy atom. The van der Waals surface area contributed by atoms with Crippen molar-refractivity contribution in [3.05, 3.63) is 39.4 Å². The molecule has 0 fully saturated rings. The van der Waals surface area contributed by atoms with Crippen LogP contribution in [0.4, 0.5) is 4.39 Å². The SMILES string of the molecule is CCOCCn1c(=NC(=O)c2snnc2C)sc2cc(F)ccc21. The summed E-state index contributed by atoms with van der Waals surface area (Å²) in [5.41, 5.74) is 1.38. The maximum Gasteiger partial charge on any atom is 0.293 e. The predicted molar refractivity (Wildman–Crippen MR) is 90.8 cm³/mol. The molecule has 0 N–H and O–H groups in total. The molecule has 0 spiro atoms. The van der Waals surface area contributed by atoms with Crippen LogP contribution in [0.3, 0.4) is 0 Å². The van der Waals surface area contributed by atoms with E-state index >= 15 is 0 Å². The molecule has 2 aromatic heterocycles. The third kappa shape index (κ3) is 3.42. The Hall–Kier alpha value is -1.97. The van der Waals surface area contributed by atoms with Crippen LogP contribution in [0, 0.1) is 12.7 Å². The summed E-state index contributed by atoms with van der Waals surface area (Å²) in [6.07, 6.45) is 0. The van der Waals surface area contributed by atoms with Gasteiger partial charge in [0.2, 0.25) is 0 Å². The van der Waals surface area contributed by atoms with Crippen LogP contribution in [0.25, 0.3) is 10.2 Å². The van der Waals surface area contributed by atoms with Crippen molar-refractivity contribution in [2.45, 2.75) is 20.4 Å². The lowest BCUT2D eigenvalue weighted by atomic mass is 10.3. The summed E-state index contributed by atoms with van der Waals surface area (Å²) in [6, 6.07) is 4.53. The molecule has 0 aliphatic carbocycles. The van der Waals surface area contributed by atoms with E-state index in [0.29, 0.717) is 35.1 Å². The predicted octanol–water partition coefficient (Wildman–Crippen LogP) is 2.78. The summed E-state index contributed by atoms with van der Waals surface area (Å²) >= 11 is 2.29. The minimum Gasteiger partial charge on any atom is -0.380 e. The topological polar surface area (TPSA) is 69.4 Å². The first kappa shape index (κ1) is 16.9. The molecule has 0 unspecified atom stereocenters. The quantitative estimate of drug-likeness (QED) is 0.651. The molecule has 0 aliphatic rings. The molecule has 3 aromatic rings. The summed E-state index contributed by atoms with van der Waals surface area (Å²) < 4.78 is 25.2. The van der Waals surface area contributed by atoms with Crippen molar-refractivity contribution in [1.29, 1.82) is 0 Å². The summed E-state index contributed by atoms with van der Waals surface area (Å²) in [6.45, 7) is 5.26. The van der Waals surface area contributed by atoms with Crippen molar-refractivity contribution in [2.75, 3.05) is 13.2 Å². The number of hydrogen-bond donors (Lipinski definition) is 0. The summed E-state index contributed by atoms with van der Waals surface area (Å²) in [4.78, 5) is 17.5. The van der Waals surface area contributed by atoms with Crippen LogP contribution in [-0.2, 0) is 11.3 Å². The van der Waals surface area contributed by atoms with E-state index in [9.17, 15) is 9.18 Å². The van der Waals surface area contributed by atoms with Crippen LogP contribution >= 0.6 is 22.9 Å². The lowest BCUT2D eigenvalue weighted by molar-refractivity contribution is 0.0999. The molecular weight excluding hydrogens is 351 g/mol. The molecule has 126 valence electrons. The lowest BCUT2D eigenvalue weighted by Crippen LogP contribution is -2.19.